The second-order valence-electron chi connectivity index (χ2n) is 14.0. The van der Waals surface area contributed by atoms with Crippen LogP contribution in [0.15, 0.2) is 48.5 Å². The molecule has 52 heavy (non-hydrogen) atoms. The van der Waals surface area contributed by atoms with Crippen LogP contribution in [0.5, 0.6) is 23.0 Å². The van der Waals surface area contributed by atoms with Crippen molar-refractivity contribution >= 4 is 11.9 Å². The average Bonchev–Trinajstić information content (AvgIpc) is 3.16. The highest BCUT2D eigenvalue weighted by atomic mass is 16.5. The smallest absolute Gasteiger partial charge is 0.338 e. The normalized spacial score (nSPS) is 13.4. The van der Waals surface area contributed by atoms with Gasteiger partial charge in [-0.15, -0.1) is 0 Å². The van der Waals surface area contributed by atoms with Crippen LogP contribution in [0.2, 0.25) is 0 Å². The maximum atomic E-state index is 13.7. The molecule has 0 radical (unpaired) electrons. The van der Waals surface area contributed by atoms with Crippen molar-refractivity contribution in [2.75, 3.05) is 39.6 Å². The van der Waals surface area contributed by atoms with Gasteiger partial charge in [-0.2, -0.15) is 0 Å². The zero-order valence-corrected chi connectivity index (χ0v) is 33.3. The molecule has 3 aromatic carbocycles. The zero-order valence-electron chi connectivity index (χ0n) is 33.3. The van der Waals surface area contributed by atoms with Gasteiger partial charge in [-0.05, 0) is 96.2 Å². The molecule has 0 aliphatic heterocycles. The third kappa shape index (κ3) is 11.9. The minimum atomic E-state index is -0.505. The van der Waals surface area contributed by atoms with Crippen LogP contribution in [0.1, 0.15) is 116 Å². The average molecular weight is 719 g/mol. The number of esters is 2. The number of rotatable bonds is 22. The molecule has 3 rings (SSSR count). The topological polar surface area (TPSA) is 89.5 Å². The van der Waals surface area contributed by atoms with Gasteiger partial charge in [0.1, 0.15) is 0 Å². The first kappa shape index (κ1) is 42.2. The molecule has 0 saturated heterocycles. The summed E-state index contributed by atoms with van der Waals surface area (Å²) in [7, 11) is 0. The molecule has 4 atom stereocenters. The molecule has 0 aliphatic carbocycles. The van der Waals surface area contributed by atoms with Gasteiger partial charge >= 0.3 is 11.9 Å². The monoisotopic (exact) mass is 718 g/mol. The molecule has 0 bridgehead atoms. The van der Waals surface area contributed by atoms with Gasteiger partial charge in [-0.25, -0.2) is 9.59 Å². The third-order valence-electron chi connectivity index (χ3n) is 9.54. The van der Waals surface area contributed by atoms with E-state index in [1.807, 2.05) is 36.4 Å². The van der Waals surface area contributed by atoms with E-state index < -0.39 is 11.9 Å². The molecule has 286 valence electrons. The second-order valence-corrected chi connectivity index (χ2v) is 14.0. The van der Waals surface area contributed by atoms with Crippen molar-refractivity contribution in [3.8, 4) is 45.3 Å². The minimum Gasteiger partial charge on any atom is -0.489 e. The zero-order chi connectivity index (χ0) is 38.2. The SMILES string of the molecule is CCOC(=O)c1cc(-c2ccc(OCC(C)CC)c(OCC(C)CC)c2)c(C(=O)OCC)cc1-c1ccc(OCC(C)CC)c(OCC(C)CC)c1. The van der Waals surface area contributed by atoms with Crippen LogP contribution in [0.25, 0.3) is 22.3 Å². The van der Waals surface area contributed by atoms with Crippen LogP contribution in [0.3, 0.4) is 0 Å². The summed E-state index contributed by atoms with van der Waals surface area (Å²) < 4.78 is 36.3. The molecule has 0 heterocycles. The number of ether oxygens (including phenoxy) is 6. The van der Waals surface area contributed by atoms with Crippen LogP contribution in [-0.2, 0) is 9.47 Å². The quantitative estimate of drug-likeness (QED) is 0.0949. The van der Waals surface area contributed by atoms with E-state index in [9.17, 15) is 9.59 Å². The van der Waals surface area contributed by atoms with Gasteiger partial charge in [0.2, 0.25) is 0 Å². The molecular weight excluding hydrogens is 656 g/mol. The fraction of sp³-hybridized carbons (Fsp3) is 0.545. The van der Waals surface area contributed by atoms with E-state index in [0.717, 1.165) is 25.7 Å². The van der Waals surface area contributed by atoms with Gasteiger partial charge in [-0.1, -0.05) is 93.2 Å². The first-order chi connectivity index (χ1) is 25.0. The van der Waals surface area contributed by atoms with Crippen LogP contribution in [0.4, 0.5) is 0 Å². The Kier molecular flexibility index (Phi) is 17.3. The fourth-order valence-corrected chi connectivity index (χ4v) is 5.05. The van der Waals surface area contributed by atoms with E-state index >= 15 is 0 Å². The van der Waals surface area contributed by atoms with Crippen molar-refractivity contribution in [3.63, 3.8) is 0 Å². The summed E-state index contributed by atoms with van der Waals surface area (Å²) in [5, 5.41) is 0. The predicted molar refractivity (Wildman–Crippen MR) is 209 cm³/mol. The lowest BCUT2D eigenvalue weighted by Gasteiger charge is -2.20. The lowest BCUT2D eigenvalue weighted by atomic mass is 9.90. The number of benzene rings is 3. The molecular formula is C44H62O8. The van der Waals surface area contributed by atoms with E-state index in [2.05, 4.69) is 55.4 Å². The highest BCUT2D eigenvalue weighted by molar-refractivity contribution is 6.05. The fourth-order valence-electron chi connectivity index (χ4n) is 5.05. The van der Waals surface area contributed by atoms with Crippen molar-refractivity contribution < 1.29 is 38.0 Å². The predicted octanol–water partition coefficient (Wildman–Crippen LogP) is 11.1. The molecule has 0 spiro atoms. The van der Waals surface area contributed by atoms with Gasteiger partial charge in [-0.3, -0.25) is 0 Å². The molecule has 0 saturated carbocycles. The Morgan fingerprint density at radius 3 is 1.06 bits per heavy atom. The van der Waals surface area contributed by atoms with E-state index in [-0.39, 0.29) is 13.2 Å². The Bertz CT molecular complexity index is 1460. The number of carbonyl (C=O) groups excluding carboxylic acids is 2. The van der Waals surface area contributed by atoms with Gasteiger partial charge in [0.15, 0.2) is 23.0 Å². The Hall–Kier alpha value is -4.20. The molecule has 0 aliphatic rings. The van der Waals surface area contributed by atoms with Crippen LogP contribution < -0.4 is 18.9 Å². The van der Waals surface area contributed by atoms with Crippen molar-refractivity contribution in [3.05, 3.63) is 59.7 Å². The largest absolute Gasteiger partial charge is 0.489 e. The summed E-state index contributed by atoms with van der Waals surface area (Å²) in [5.74, 6) is 2.83. The van der Waals surface area contributed by atoms with Crippen LogP contribution in [0, 0.1) is 23.7 Å². The summed E-state index contributed by atoms with van der Waals surface area (Å²) >= 11 is 0. The third-order valence-corrected chi connectivity index (χ3v) is 9.54. The molecule has 8 nitrogen and oxygen atoms in total. The van der Waals surface area contributed by atoms with Crippen molar-refractivity contribution in [1.29, 1.82) is 0 Å². The van der Waals surface area contributed by atoms with E-state index in [1.165, 1.54) is 0 Å². The van der Waals surface area contributed by atoms with E-state index in [4.69, 9.17) is 28.4 Å². The molecule has 4 unspecified atom stereocenters. The molecule has 0 N–H and O–H groups in total. The highest BCUT2D eigenvalue weighted by Gasteiger charge is 2.25. The summed E-state index contributed by atoms with van der Waals surface area (Å²) in [5.41, 5.74) is 3.03. The molecule has 0 aromatic heterocycles. The summed E-state index contributed by atoms with van der Waals surface area (Å²) in [6, 6.07) is 14.7. The van der Waals surface area contributed by atoms with E-state index in [1.54, 1.807) is 26.0 Å². The van der Waals surface area contributed by atoms with Crippen molar-refractivity contribution in [2.45, 2.75) is 94.9 Å². The number of hydrogen-bond acceptors (Lipinski definition) is 8. The first-order valence-corrected chi connectivity index (χ1v) is 19.3. The van der Waals surface area contributed by atoms with Crippen LogP contribution in [-0.4, -0.2) is 51.6 Å². The Labute approximate surface area is 312 Å². The van der Waals surface area contributed by atoms with Crippen LogP contribution >= 0.6 is 0 Å². The van der Waals surface area contributed by atoms with Crippen molar-refractivity contribution in [2.24, 2.45) is 23.7 Å². The lowest BCUT2D eigenvalue weighted by Crippen LogP contribution is -2.13. The number of carbonyl (C=O) groups is 2. The molecule has 0 fully saturated rings. The Balaban J connectivity index is 2.27. The Morgan fingerprint density at radius 2 is 0.769 bits per heavy atom. The minimum absolute atomic E-state index is 0.189. The summed E-state index contributed by atoms with van der Waals surface area (Å²) in [4.78, 5) is 27.4. The summed E-state index contributed by atoms with van der Waals surface area (Å²) in [6.45, 7) is 23.1. The van der Waals surface area contributed by atoms with Gasteiger partial charge in [0.25, 0.3) is 0 Å². The van der Waals surface area contributed by atoms with Crippen molar-refractivity contribution in [1.82, 2.24) is 0 Å². The maximum Gasteiger partial charge on any atom is 0.338 e. The highest BCUT2D eigenvalue weighted by Crippen LogP contribution is 2.40. The summed E-state index contributed by atoms with van der Waals surface area (Å²) in [6.07, 6.45) is 3.92. The maximum absolute atomic E-state index is 13.7. The molecule has 3 aromatic rings. The van der Waals surface area contributed by atoms with E-state index in [0.29, 0.717) is 106 Å². The second kappa shape index (κ2) is 21.4. The molecule has 8 heteroatoms. The van der Waals surface area contributed by atoms with Gasteiger partial charge in [0, 0.05) is 0 Å². The van der Waals surface area contributed by atoms with Gasteiger partial charge in [0.05, 0.1) is 50.8 Å². The lowest BCUT2D eigenvalue weighted by molar-refractivity contribution is 0.0513. The Morgan fingerprint density at radius 1 is 0.462 bits per heavy atom. The standard InChI is InChI=1S/C44H62O8/c1-11-29(7)25-49-39-19-17-33(21-41(39)51-27-31(9)13-3)35-23-38(44(46)48-16-6)36(24-37(35)43(45)47-15-5)34-18-20-40(50-26-30(8)12-2)42(22-34)52-28-32(10)14-4/h17-24,29-32H,11-16,25-28H2,1-10H3. The van der Waals surface area contributed by atoms with Gasteiger partial charge < -0.3 is 28.4 Å². The first-order valence-electron chi connectivity index (χ1n) is 19.3. The number of hydrogen-bond donors (Lipinski definition) is 0. The molecule has 0 amide bonds.